The van der Waals surface area contributed by atoms with Gasteiger partial charge in [-0.15, -0.1) is 0 Å². The van der Waals surface area contributed by atoms with E-state index in [9.17, 15) is 0 Å². The summed E-state index contributed by atoms with van der Waals surface area (Å²) >= 11 is 0. The van der Waals surface area contributed by atoms with Gasteiger partial charge in [-0.3, -0.25) is 0 Å². The summed E-state index contributed by atoms with van der Waals surface area (Å²) in [6.45, 7) is 1.79. The molecule has 6 heteroatoms. The number of methoxy groups -OCH3 is 2. The topological polar surface area (TPSA) is 55.4 Å². The van der Waals surface area contributed by atoms with Crippen molar-refractivity contribution in [2.75, 3.05) is 34.0 Å². The molecule has 0 radical (unpaired) electrons. The van der Waals surface area contributed by atoms with Crippen molar-refractivity contribution in [3.8, 4) is 0 Å². The van der Waals surface area contributed by atoms with Crippen LogP contribution in [-0.2, 0) is 28.4 Å². The fourth-order valence-electron chi connectivity index (χ4n) is 2.80. The lowest BCUT2D eigenvalue weighted by Crippen LogP contribution is -2.59. The summed E-state index contributed by atoms with van der Waals surface area (Å²) < 4.78 is 33.7. The molecule has 4 unspecified atom stereocenters. The molecule has 3 heterocycles. The number of rotatable bonds is 3. The lowest BCUT2D eigenvalue weighted by atomic mass is 10.0. The quantitative estimate of drug-likeness (QED) is 0.693. The van der Waals surface area contributed by atoms with Crippen molar-refractivity contribution >= 4 is 0 Å². The molecule has 3 aliphatic heterocycles. The Morgan fingerprint density at radius 3 is 2.53 bits per heavy atom. The highest BCUT2D eigenvalue weighted by atomic mass is 16.8. The van der Waals surface area contributed by atoms with Crippen molar-refractivity contribution in [1.29, 1.82) is 0 Å². The van der Waals surface area contributed by atoms with Crippen molar-refractivity contribution in [3.63, 3.8) is 0 Å². The van der Waals surface area contributed by atoms with Crippen LogP contribution in [0.3, 0.4) is 0 Å². The number of hydrogen-bond acceptors (Lipinski definition) is 6. The highest BCUT2D eigenvalue weighted by Gasteiger charge is 2.67. The summed E-state index contributed by atoms with van der Waals surface area (Å²) in [7, 11) is 3.27. The van der Waals surface area contributed by atoms with Gasteiger partial charge in [-0.25, -0.2) is 0 Å². The minimum Gasteiger partial charge on any atom is -0.376 e. The first kappa shape index (κ1) is 11.8. The molecule has 3 saturated heterocycles. The Morgan fingerprint density at radius 2 is 1.88 bits per heavy atom. The second-order valence-corrected chi connectivity index (χ2v) is 4.47. The molecular formula is C11H18O6. The Morgan fingerprint density at radius 1 is 1.12 bits per heavy atom. The summed E-state index contributed by atoms with van der Waals surface area (Å²) in [6.07, 6.45) is -0.218. The Labute approximate surface area is 100 Å². The Balaban J connectivity index is 1.84. The average Bonchev–Trinajstić information content (AvgIpc) is 2.95. The molecule has 0 aromatic heterocycles. The van der Waals surface area contributed by atoms with Gasteiger partial charge in [0.15, 0.2) is 0 Å². The lowest BCUT2D eigenvalue weighted by Gasteiger charge is -2.40. The third-order valence-electron chi connectivity index (χ3n) is 3.55. The maximum Gasteiger partial charge on any atom is 0.251 e. The molecule has 0 N–H and O–H groups in total. The van der Waals surface area contributed by atoms with Gasteiger partial charge < -0.3 is 28.4 Å². The molecule has 0 spiro atoms. The predicted molar refractivity (Wildman–Crippen MR) is 55.5 cm³/mol. The van der Waals surface area contributed by atoms with E-state index in [1.165, 1.54) is 0 Å². The third-order valence-corrected chi connectivity index (χ3v) is 3.55. The molecule has 0 saturated carbocycles. The average molecular weight is 246 g/mol. The van der Waals surface area contributed by atoms with E-state index in [-0.39, 0.29) is 18.3 Å². The first-order valence-electron chi connectivity index (χ1n) is 5.92. The molecule has 6 nitrogen and oxygen atoms in total. The van der Waals surface area contributed by atoms with Crippen LogP contribution in [0.2, 0.25) is 0 Å². The van der Waals surface area contributed by atoms with Gasteiger partial charge in [-0.1, -0.05) is 0 Å². The van der Waals surface area contributed by atoms with Crippen LogP contribution in [-0.4, -0.2) is 64.4 Å². The van der Waals surface area contributed by atoms with Crippen LogP contribution in [0.5, 0.6) is 0 Å². The zero-order valence-corrected chi connectivity index (χ0v) is 10.1. The summed E-state index contributed by atoms with van der Waals surface area (Å²) in [5.74, 6) is -0.972. The van der Waals surface area contributed by atoms with Gasteiger partial charge in [0, 0.05) is 14.2 Å². The normalized spacial score (nSPS) is 46.6. The van der Waals surface area contributed by atoms with Gasteiger partial charge in [0.1, 0.15) is 18.3 Å². The maximum atomic E-state index is 5.88. The van der Waals surface area contributed by atoms with E-state index in [1.54, 1.807) is 14.2 Å². The van der Waals surface area contributed by atoms with Crippen molar-refractivity contribution in [2.45, 2.75) is 36.8 Å². The van der Waals surface area contributed by atoms with Gasteiger partial charge in [-0.2, -0.15) is 0 Å². The second-order valence-electron chi connectivity index (χ2n) is 4.47. The fourth-order valence-corrected chi connectivity index (χ4v) is 2.80. The maximum absolute atomic E-state index is 5.88. The molecule has 17 heavy (non-hydrogen) atoms. The molecule has 0 aromatic carbocycles. The van der Waals surface area contributed by atoms with E-state index in [1.807, 2.05) is 0 Å². The second kappa shape index (κ2) is 4.46. The van der Waals surface area contributed by atoms with E-state index >= 15 is 0 Å². The van der Waals surface area contributed by atoms with Crippen LogP contribution < -0.4 is 0 Å². The zero-order chi connectivity index (χ0) is 11.9. The van der Waals surface area contributed by atoms with Crippen molar-refractivity contribution in [2.24, 2.45) is 0 Å². The van der Waals surface area contributed by atoms with Gasteiger partial charge in [0.25, 0.3) is 5.79 Å². The summed E-state index contributed by atoms with van der Waals surface area (Å²) in [5, 5.41) is 0. The highest BCUT2D eigenvalue weighted by Crippen LogP contribution is 2.45. The zero-order valence-electron chi connectivity index (χ0n) is 10.1. The Kier molecular flexibility index (Phi) is 3.10. The van der Waals surface area contributed by atoms with Crippen LogP contribution in [0.15, 0.2) is 0 Å². The van der Waals surface area contributed by atoms with Crippen LogP contribution in [0.25, 0.3) is 0 Å². The Hall–Kier alpha value is -0.240. The summed E-state index contributed by atoms with van der Waals surface area (Å²) in [5.41, 5.74) is 0. The van der Waals surface area contributed by atoms with E-state index in [0.717, 1.165) is 6.42 Å². The van der Waals surface area contributed by atoms with Crippen molar-refractivity contribution < 1.29 is 28.4 Å². The first-order chi connectivity index (χ1) is 8.31. The third kappa shape index (κ3) is 1.63. The Bertz CT molecular complexity index is 279. The smallest absolute Gasteiger partial charge is 0.251 e. The minimum absolute atomic E-state index is 0.112. The van der Waals surface area contributed by atoms with Crippen LogP contribution in [0.1, 0.15) is 6.42 Å². The molecule has 98 valence electrons. The highest BCUT2D eigenvalue weighted by molar-refractivity contribution is 5.05. The van der Waals surface area contributed by atoms with E-state index < -0.39 is 12.1 Å². The van der Waals surface area contributed by atoms with Gasteiger partial charge in [0.2, 0.25) is 6.29 Å². The molecule has 0 aliphatic carbocycles. The van der Waals surface area contributed by atoms with Gasteiger partial charge >= 0.3 is 0 Å². The molecule has 3 fully saturated rings. The van der Waals surface area contributed by atoms with Gasteiger partial charge in [0.05, 0.1) is 19.8 Å². The van der Waals surface area contributed by atoms with E-state index in [2.05, 4.69) is 0 Å². The predicted octanol–water partition coefficient (Wildman–Crippen LogP) is -0.0953. The first-order valence-corrected chi connectivity index (χ1v) is 5.92. The van der Waals surface area contributed by atoms with Crippen LogP contribution in [0.4, 0.5) is 0 Å². The van der Waals surface area contributed by atoms with Gasteiger partial charge in [-0.05, 0) is 6.42 Å². The molecule has 0 amide bonds. The monoisotopic (exact) mass is 246 g/mol. The van der Waals surface area contributed by atoms with Crippen molar-refractivity contribution in [1.82, 2.24) is 0 Å². The molecule has 4 atom stereocenters. The largest absolute Gasteiger partial charge is 0.376 e. The molecule has 2 bridgehead atoms. The molecular weight excluding hydrogens is 228 g/mol. The summed E-state index contributed by atoms with van der Waals surface area (Å²) in [6, 6.07) is 0. The van der Waals surface area contributed by atoms with Crippen LogP contribution >= 0.6 is 0 Å². The number of hydrogen-bond donors (Lipinski definition) is 0. The number of ether oxygens (including phenoxy) is 6. The molecule has 3 aliphatic rings. The minimum atomic E-state index is -0.972. The number of fused-ring (bicyclic) bond motifs is 2. The van der Waals surface area contributed by atoms with E-state index in [0.29, 0.717) is 19.8 Å². The standard InChI is InChI=1S/C11H18O6/c1-12-8-7-6-16-11(17-7,9(8)13-2)10-14-4-3-5-15-10/h7-10H,3-6H2,1-2H3. The van der Waals surface area contributed by atoms with E-state index in [4.69, 9.17) is 28.4 Å². The fraction of sp³-hybridized carbons (Fsp3) is 1.00. The molecule has 0 aromatic rings. The molecule has 3 rings (SSSR count). The SMILES string of the molecule is COC1C2COC(C3OCCCO3)(O2)C1OC. The van der Waals surface area contributed by atoms with Crippen molar-refractivity contribution in [3.05, 3.63) is 0 Å². The summed E-state index contributed by atoms with van der Waals surface area (Å²) in [4.78, 5) is 0. The van der Waals surface area contributed by atoms with Crippen LogP contribution in [0, 0.1) is 0 Å². The lowest BCUT2D eigenvalue weighted by molar-refractivity contribution is -0.349.